The van der Waals surface area contributed by atoms with Gasteiger partial charge in [0.05, 0.1) is 11.8 Å². The fraction of sp³-hybridized carbons (Fsp3) is 0.444. The lowest BCUT2D eigenvalue weighted by molar-refractivity contribution is 0.0491. The highest BCUT2D eigenvalue weighted by Crippen LogP contribution is 2.24. The van der Waals surface area contributed by atoms with Crippen LogP contribution in [-0.2, 0) is 7.05 Å². The second kappa shape index (κ2) is 4.30. The van der Waals surface area contributed by atoms with Gasteiger partial charge in [0.25, 0.3) is 0 Å². The van der Waals surface area contributed by atoms with E-state index in [1.54, 1.807) is 0 Å². The number of aryl methyl sites for hydroxylation is 2. The lowest BCUT2D eigenvalue weighted by Crippen LogP contribution is -2.19. The van der Waals surface area contributed by atoms with E-state index in [1.165, 1.54) is 20.0 Å². The van der Waals surface area contributed by atoms with Crippen LogP contribution in [0.15, 0.2) is 0 Å². The molecule has 7 heteroatoms. The standard InChI is InChI=1S/C9H11N3O4/c1-4-6(8(14)5(13)3-10)7(9(15)16)12(2)11-4/h5,8,13-14H,1-2H3,(H,15,16). The molecule has 1 aromatic rings. The third-order valence-corrected chi connectivity index (χ3v) is 2.20. The van der Waals surface area contributed by atoms with Crippen molar-refractivity contribution in [3.8, 4) is 6.07 Å². The van der Waals surface area contributed by atoms with Crippen molar-refractivity contribution in [2.24, 2.45) is 7.05 Å². The minimum atomic E-state index is -1.68. The molecule has 0 radical (unpaired) electrons. The molecule has 0 aliphatic rings. The molecule has 0 bridgehead atoms. The van der Waals surface area contributed by atoms with Crippen molar-refractivity contribution in [3.05, 3.63) is 17.0 Å². The second-order valence-electron chi connectivity index (χ2n) is 3.30. The van der Waals surface area contributed by atoms with E-state index >= 15 is 0 Å². The summed E-state index contributed by atoms with van der Waals surface area (Å²) in [5, 5.41) is 40.0. The van der Waals surface area contributed by atoms with Crippen LogP contribution in [0, 0.1) is 18.3 Å². The summed E-state index contributed by atoms with van der Waals surface area (Å²) < 4.78 is 1.08. The van der Waals surface area contributed by atoms with Crippen molar-refractivity contribution >= 4 is 5.97 Å². The zero-order chi connectivity index (χ0) is 12.5. The van der Waals surface area contributed by atoms with E-state index in [2.05, 4.69) is 5.10 Å². The maximum absolute atomic E-state index is 10.9. The molecule has 0 fully saturated rings. The summed E-state index contributed by atoms with van der Waals surface area (Å²) in [6.45, 7) is 1.50. The van der Waals surface area contributed by atoms with Gasteiger partial charge in [0.2, 0.25) is 0 Å². The lowest BCUT2D eigenvalue weighted by Gasteiger charge is -2.11. The largest absolute Gasteiger partial charge is 0.477 e. The third kappa shape index (κ3) is 1.88. The van der Waals surface area contributed by atoms with Crippen molar-refractivity contribution in [2.75, 3.05) is 0 Å². The number of carboxylic acids is 1. The zero-order valence-electron chi connectivity index (χ0n) is 8.75. The number of aliphatic hydroxyl groups is 2. The highest BCUT2D eigenvalue weighted by Gasteiger charge is 2.29. The first-order chi connectivity index (χ1) is 7.40. The average Bonchev–Trinajstić information content (AvgIpc) is 2.51. The van der Waals surface area contributed by atoms with E-state index in [-0.39, 0.29) is 17.0 Å². The number of hydrogen-bond donors (Lipinski definition) is 3. The Balaban J connectivity index is 3.33. The van der Waals surface area contributed by atoms with Crippen LogP contribution in [-0.4, -0.2) is 37.2 Å². The predicted octanol–water partition coefficient (Wildman–Crippen LogP) is -0.655. The molecule has 0 saturated heterocycles. The Kier molecular flexibility index (Phi) is 3.27. The Bertz CT molecular complexity index is 460. The van der Waals surface area contributed by atoms with Crippen molar-refractivity contribution < 1.29 is 20.1 Å². The number of carbonyl (C=O) groups is 1. The van der Waals surface area contributed by atoms with Crippen LogP contribution in [0.3, 0.4) is 0 Å². The number of carboxylic acid groups (broad SMARTS) is 1. The highest BCUT2D eigenvalue weighted by molar-refractivity contribution is 5.88. The molecule has 1 heterocycles. The smallest absolute Gasteiger partial charge is 0.354 e. The van der Waals surface area contributed by atoms with Crippen LogP contribution in [0.4, 0.5) is 0 Å². The number of aromatic carboxylic acids is 1. The maximum Gasteiger partial charge on any atom is 0.354 e. The second-order valence-corrected chi connectivity index (χ2v) is 3.30. The lowest BCUT2D eigenvalue weighted by atomic mass is 10.0. The topological polar surface area (TPSA) is 119 Å². The van der Waals surface area contributed by atoms with E-state index in [0.29, 0.717) is 0 Å². The highest BCUT2D eigenvalue weighted by atomic mass is 16.4. The van der Waals surface area contributed by atoms with Crippen LogP contribution in [0.25, 0.3) is 0 Å². The molecular weight excluding hydrogens is 214 g/mol. The maximum atomic E-state index is 10.9. The SMILES string of the molecule is Cc1nn(C)c(C(=O)O)c1C(O)C(O)C#N. The van der Waals surface area contributed by atoms with Crippen molar-refractivity contribution in [2.45, 2.75) is 19.1 Å². The van der Waals surface area contributed by atoms with Crippen LogP contribution < -0.4 is 0 Å². The summed E-state index contributed by atoms with van der Waals surface area (Å²) in [5.41, 5.74) is -0.00921. The Labute approximate surface area is 91.2 Å². The number of nitrogens with zero attached hydrogens (tertiary/aromatic N) is 3. The molecule has 7 nitrogen and oxygen atoms in total. The first kappa shape index (κ1) is 12.2. The number of nitriles is 1. The van der Waals surface area contributed by atoms with Crippen LogP contribution >= 0.6 is 0 Å². The summed E-state index contributed by atoms with van der Waals surface area (Å²) in [4.78, 5) is 10.9. The first-order valence-corrected chi connectivity index (χ1v) is 4.42. The third-order valence-electron chi connectivity index (χ3n) is 2.20. The fourth-order valence-electron chi connectivity index (χ4n) is 1.51. The molecule has 0 aliphatic heterocycles. The van der Waals surface area contributed by atoms with Crippen LogP contribution in [0.5, 0.6) is 0 Å². The molecule has 0 aromatic carbocycles. The van der Waals surface area contributed by atoms with Gasteiger partial charge in [-0.15, -0.1) is 0 Å². The van der Waals surface area contributed by atoms with Gasteiger partial charge in [0.15, 0.2) is 11.8 Å². The summed E-state index contributed by atoms with van der Waals surface area (Å²) in [6.07, 6.45) is -3.26. The van der Waals surface area contributed by atoms with Gasteiger partial charge in [0, 0.05) is 12.6 Å². The quantitative estimate of drug-likeness (QED) is 0.588. The van der Waals surface area contributed by atoms with Gasteiger partial charge in [-0.2, -0.15) is 10.4 Å². The average molecular weight is 225 g/mol. The monoisotopic (exact) mass is 225 g/mol. The van der Waals surface area contributed by atoms with E-state index in [9.17, 15) is 15.0 Å². The molecule has 2 unspecified atom stereocenters. The molecule has 1 rings (SSSR count). The number of aliphatic hydroxyl groups excluding tert-OH is 2. The van der Waals surface area contributed by atoms with Gasteiger partial charge < -0.3 is 15.3 Å². The summed E-state index contributed by atoms with van der Waals surface area (Å²) in [5.74, 6) is -1.28. The fourth-order valence-corrected chi connectivity index (χ4v) is 1.51. The van der Waals surface area contributed by atoms with Gasteiger partial charge >= 0.3 is 5.97 Å². The Hall–Kier alpha value is -1.91. The molecule has 86 valence electrons. The summed E-state index contributed by atoms with van der Waals surface area (Å²) >= 11 is 0. The Morgan fingerprint density at radius 1 is 1.56 bits per heavy atom. The molecule has 1 aromatic heterocycles. The molecule has 0 aliphatic carbocycles. The first-order valence-electron chi connectivity index (χ1n) is 4.42. The van der Waals surface area contributed by atoms with Gasteiger partial charge in [-0.3, -0.25) is 4.68 Å². The molecule has 0 saturated carbocycles. The number of rotatable bonds is 3. The van der Waals surface area contributed by atoms with Gasteiger partial charge in [-0.1, -0.05) is 0 Å². The number of aromatic nitrogens is 2. The Morgan fingerprint density at radius 3 is 2.56 bits per heavy atom. The summed E-state index contributed by atoms with van der Waals surface area (Å²) in [7, 11) is 1.41. The molecule has 0 spiro atoms. The van der Waals surface area contributed by atoms with Gasteiger partial charge in [0.1, 0.15) is 6.10 Å². The van der Waals surface area contributed by atoms with Gasteiger partial charge in [-0.25, -0.2) is 4.79 Å². The van der Waals surface area contributed by atoms with E-state index in [0.717, 1.165) is 4.68 Å². The minimum absolute atomic E-state index is 0.0379. The van der Waals surface area contributed by atoms with Crippen LogP contribution in [0.1, 0.15) is 27.8 Å². The predicted molar refractivity (Wildman–Crippen MR) is 51.5 cm³/mol. The number of hydrogen-bond acceptors (Lipinski definition) is 5. The Morgan fingerprint density at radius 2 is 2.12 bits per heavy atom. The van der Waals surface area contributed by atoms with Gasteiger partial charge in [-0.05, 0) is 6.92 Å². The zero-order valence-corrected chi connectivity index (χ0v) is 8.75. The van der Waals surface area contributed by atoms with Crippen molar-refractivity contribution in [1.29, 1.82) is 5.26 Å². The van der Waals surface area contributed by atoms with Crippen molar-refractivity contribution in [3.63, 3.8) is 0 Å². The molecular formula is C9H11N3O4. The van der Waals surface area contributed by atoms with Crippen molar-refractivity contribution in [1.82, 2.24) is 9.78 Å². The van der Waals surface area contributed by atoms with E-state index in [1.807, 2.05) is 0 Å². The van der Waals surface area contributed by atoms with E-state index in [4.69, 9.17) is 10.4 Å². The van der Waals surface area contributed by atoms with E-state index < -0.39 is 18.2 Å². The minimum Gasteiger partial charge on any atom is -0.477 e. The molecule has 2 atom stereocenters. The van der Waals surface area contributed by atoms with Crippen LogP contribution in [0.2, 0.25) is 0 Å². The summed E-state index contributed by atoms with van der Waals surface area (Å²) in [6, 6.07) is 1.44. The molecule has 16 heavy (non-hydrogen) atoms. The molecule has 0 amide bonds. The molecule has 3 N–H and O–H groups in total. The normalized spacial score (nSPS) is 14.2.